The molecule has 3 aliphatic rings. The molecule has 1 atom stereocenters. The van der Waals surface area contributed by atoms with Gasteiger partial charge in [-0.05, 0) is 72.4 Å². The Labute approximate surface area is 218 Å². The summed E-state index contributed by atoms with van der Waals surface area (Å²) in [7, 11) is 0. The van der Waals surface area contributed by atoms with E-state index in [1.165, 1.54) is 11.1 Å². The van der Waals surface area contributed by atoms with Gasteiger partial charge in [-0.2, -0.15) is 5.10 Å². The quantitative estimate of drug-likeness (QED) is 0.292. The van der Waals surface area contributed by atoms with Crippen LogP contribution in [-0.4, -0.2) is 16.4 Å². The number of hydrogen-bond donors (Lipinski definition) is 0. The highest BCUT2D eigenvalue weighted by atomic mass is 16.5. The van der Waals surface area contributed by atoms with Crippen molar-refractivity contribution in [2.75, 3.05) is 0 Å². The summed E-state index contributed by atoms with van der Waals surface area (Å²) in [6.07, 6.45) is 5.02. The Morgan fingerprint density at radius 2 is 1.38 bits per heavy atom. The van der Waals surface area contributed by atoms with Crippen LogP contribution in [0.4, 0.5) is 0 Å². The van der Waals surface area contributed by atoms with Gasteiger partial charge in [0.2, 0.25) is 0 Å². The molecule has 0 amide bonds. The molecule has 4 aromatic carbocycles. The molecule has 2 heterocycles. The number of nitrogens with zero attached hydrogens (tertiary/aromatic N) is 2. The Morgan fingerprint density at radius 1 is 0.730 bits per heavy atom. The molecule has 7 rings (SSSR count). The Bertz CT molecular complexity index is 1410. The largest absolute Gasteiger partial charge is 0.466 e. The lowest BCUT2D eigenvalue weighted by Crippen LogP contribution is -2.55. The molecule has 0 aromatic heterocycles. The van der Waals surface area contributed by atoms with Gasteiger partial charge in [0.05, 0.1) is 11.8 Å². The summed E-state index contributed by atoms with van der Waals surface area (Å²) < 4.78 is 12.8. The molecule has 4 aromatic rings. The van der Waals surface area contributed by atoms with Crippen molar-refractivity contribution in [2.45, 2.75) is 49.8 Å². The number of para-hydroxylation sites is 2. The predicted molar refractivity (Wildman–Crippen MR) is 146 cm³/mol. The van der Waals surface area contributed by atoms with Crippen molar-refractivity contribution in [3.05, 3.63) is 126 Å². The Balaban J connectivity index is 1.16. The molecule has 37 heavy (non-hydrogen) atoms. The lowest BCUT2D eigenvalue weighted by Gasteiger charge is -2.50. The summed E-state index contributed by atoms with van der Waals surface area (Å²) in [6, 6.07) is 37.9. The molecule has 0 radical (unpaired) electrons. The van der Waals surface area contributed by atoms with Gasteiger partial charge in [0.15, 0.2) is 5.72 Å². The summed E-state index contributed by atoms with van der Waals surface area (Å²) in [5.74, 6) is 3.27. The molecule has 1 saturated carbocycles. The van der Waals surface area contributed by atoms with Crippen LogP contribution in [0.1, 0.15) is 60.8 Å². The molecule has 184 valence electrons. The monoisotopic (exact) mass is 486 g/mol. The minimum atomic E-state index is -0.386. The van der Waals surface area contributed by atoms with Gasteiger partial charge in [-0.1, -0.05) is 66.7 Å². The molecule has 4 nitrogen and oxygen atoms in total. The third kappa shape index (κ3) is 4.07. The Kier molecular flexibility index (Phi) is 5.46. The van der Waals surface area contributed by atoms with Crippen LogP contribution in [0.3, 0.4) is 0 Å². The fourth-order valence-corrected chi connectivity index (χ4v) is 6.20. The standard InChI is InChI=1S/C33H30N2O2/c1-3-9-24(10-4-1)25-19-21-33(22-20-25)35-31(29-13-7-8-14-32(29)37-33)23-30(34-35)26-15-17-28(18-16-26)36-27-11-5-2-6-12-27/h1-18,25,31H,19-23H2/t25?,31-,33?/m1/s1. The van der Waals surface area contributed by atoms with Crippen LogP contribution in [0.15, 0.2) is 114 Å². The molecular formula is C33H30N2O2. The summed E-state index contributed by atoms with van der Waals surface area (Å²) in [6.45, 7) is 0. The molecular weight excluding hydrogens is 456 g/mol. The Morgan fingerprint density at radius 3 is 2.14 bits per heavy atom. The van der Waals surface area contributed by atoms with E-state index < -0.39 is 0 Å². The molecule has 0 saturated heterocycles. The minimum Gasteiger partial charge on any atom is -0.466 e. The van der Waals surface area contributed by atoms with E-state index in [1.54, 1.807) is 0 Å². The van der Waals surface area contributed by atoms with Gasteiger partial charge in [-0.3, -0.25) is 0 Å². The van der Waals surface area contributed by atoms with E-state index in [9.17, 15) is 0 Å². The second-order valence-electron chi connectivity index (χ2n) is 10.3. The average Bonchev–Trinajstić information content (AvgIpc) is 3.42. The summed E-state index contributed by atoms with van der Waals surface area (Å²) >= 11 is 0. The van der Waals surface area contributed by atoms with Gasteiger partial charge in [0.1, 0.15) is 17.2 Å². The van der Waals surface area contributed by atoms with Crippen molar-refractivity contribution in [3.63, 3.8) is 0 Å². The zero-order valence-corrected chi connectivity index (χ0v) is 20.8. The number of rotatable bonds is 4. The summed E-state index contributed by atoms with van der Waals surface area (Å²) in [5.41, 5.74) is 4.54. The SMILES string of the molecule is c1ccc(Oc2ccc(C3=NN4[C@H](C3)c3ccccc3OC43CCC(c4ccccc4)CC3)cc2)cc1. The van der Waals surface area contributed by atoms with Crippen molar-refractivity contribution in [2.24, 2.45) is 5.10 Å². The second kappa shape index (κ2) is 9.11. The van der Waals surface area contributed by atoms with E-state index in [0.29, 0.717) is 5.92 Å². The maximum atomic E-state index is 6.83. The molecule has 1 aliphatic carbocycles. The highest BCUT2D eigenvalue weighted by molar-refractivity contribution is 6.02. The van der Waals surface area contributed by atoms with E-state index in [1.807, 2.05) is 42.5 Å². The second-order valence-corrected chi connectivity index (χ2v) is 10.3. The van der Waals surface area contributed by atoms with Crippen molar-refractivity contribution < 1.29 is 9.47 Å². The topological polar surface area (TPSA) is 34.1 Å². The van der Waals surface area contributed by atoms with Crippen molar-refractivity contribution in [1.29, 1.82) is 0 Å². The van der Waals surface area contributed by atoms with E-state index in [-0.39, 0.29) is 11.8 Å². The molecule has 4 heteroatoms. The number of hydrogen-bond acceptors (Lipinski definition) is 4. The Hall–Kier alpha value is -4.05. The van der Waals surface area contributed by atoms with Crippen LogP contribution in [0.25, 0.3) is 0 Å². The van der Waals surface area contributed by atoms with Crippen molar-refractivity contribution in [1.82, 2.24) is 5.01 Å². The van der Waals surface area contributed by atoms with E-state index in [0.717, 1.165) is 60.6 Å². The van der Waals surface area contributed by atoms with E-state index >= 15 is 0 Å². The first kappa shape index (κ1) is 22.2. The lowest BCUT2D eigenvalue weighted by atomic mass is 9.78. The minimum absolute atomic E-state index is 0.202. The third-order valence-electron chi connectivity index (χ3n) is 8.11. The number of hydrazone groups is 1. The maximum absolute atomic E-state index is 6.83. The van der Waals surface area contributed by atoms with Crippen molar-refractivity contribution >= 4 is 5.71 Å². The molecule has 2 aliphatic heterocycles. The first-order valence-corrected chi connectivity index (χ1v) is 13.3. The summed E-state index contributed by atoms with van der Waals surface area (Å²) in [4.78, 5) is 0. The third-order valence-corrected chi connectivity index (χ3v) is 8.11. The highest BCUT2D eigenvalue weighted by Crippen LogP contribution is 2.53. The molecule has 1 spiro atoms. The van der Waals surface area contributed by atoms with Gasteiger partial charge in [-0.25, -0.2) is 5.01 Å². The van der Waals surface area contributed by atoms with Gasteiger partial charge >= 0.3 is 0 Å². The van der Waals surface area contributed by atoms with Gasteiger partial charge in [0.25, 0.3) is 0 Å². The van der Waals surface area contributed by atoms with Gasteiger partial charge < -0.3 is 9.47 Å². The number of ether oxygens (including phenoxy) is 2. The van der Waals surface area contributed by atoms with Gasteiger partial charge in [0, 0.05) is 24.8 Å². The normalized spacial score (nSPS) is 24.1. The first-order chi connectivity index (χ1) is 18.3. The first-order valence-electron chi connectivity index (χ1n) is 13.3. The highest BCUT2D eigenvalue weighted by Gasteiger charge is 2.51. The molecule has 0 unspecified atom stereocenters. The van der Waals surface area contributed by atoms with Crippen LogP contribution >= 0.6 is 0 Å². The fraction of sp³-hybridized carbons (Fsp3) is 0.242. The zero-order chi connectivity index (χ0) is 24.7. The van der Waals surface area contributed by atoms with Crippen LogP contribution < -0.4 is 9.47 Å². The summed E-state index contributed by atoms with van der Waals surface area (Å²) in [5, 5.41) is 7.56. The number of fused-ring (bicyclic) bond motifs is 4. The van der Waals surface area contributed by atoms with Crippen LogP contribution in [-0.2, 0) is 0 Å². The number of benzene rings is 4. The van der Waals surface area contributed by atoms with Gasteiger partial charge in [-0.15, -0.1) is 0 Å². The fourth-order valence-electron chi connectivity index (χ4n) is 6.20. The zero-order valence-electron chi connectivity index (χ0n) is 20.8. The molecule has 0 bridgehead atoms. The smallest absolute Gasteiger partial charge is 0.198 e. The van der Waals surface area contributed by atoms with E-state index in [4.69, 9.17) is 14.6 Å². The molecule has 0 N–H and O–H groups in total. The van der Waals surface area contributed by atoms with E-state index in [2.05, 4.69) is 71.7 Å². The van der Waals surface area contributed by atoms with Crippen molar-refractivity contribution in [3.8, 4) is 17.2 Å². The van der Waals surface area contributed by atoms with Crippen LogP contribution in [0, 0.1) is 0 Å². The van der Waals surface area contributed by atoms with Crippen LogP contribution in [0.2, 0.25) is 0 Å². The predicted octanol–water partition coefficient (Wildman–Crippen LogP) is 8.08. The maximum Gasteiger partial charge on any atom is 0.198 e. The lowest BCUT2D eigenvalue weighted by molar-refractivity contribution is -0.142. The average molecular weight is 487 g/mol. The molecule has 1 fully saturated rings. The van der Waals surface area contributed by atoms with Crippen LogP contribution in [0.5, 0.6) is 17.2 Å².